The summed E-state index contributed by atoms with van der Waals surface area (Å²) in [5, 5.41) is 13.0. The molecule has 0 unspecified atom stereocenters. The van der Waals surface area contributed by atoms with Gasteiger partial charge in [0.05, 0.1) is 35.5 Å². The zero-order valence-corrected chi connectivity index (χ0v) is 17.9. The fourth-order valence-electron chi connectivity index (χ4n) is 6.28. The van der Waals surface area contributed by atoms with Gasteiger partial charge in [-0.05, 0) is 41.3 Å². The summed E-state index contributed by atoms with van der Waals surface area (Å²) in [6.07, 6.45) is 0. The summed E-state index contributed by atoms with van der Waals surface area (Å²) >= 11 is 0. The summed E-state index contributed by atoms with van der Waals surface area (Å²) in [5.41, 5.74) is 1.21. The Kier molecular flexibility index (Phi) is 4.06. The van der Waals surface area contributed by atoms with Crippen LogP contribution in [0.15, 0.2) is 72.8 Å². The van der Waals surface area contributed by atoms with Crippen molar-refractivity contribution in [2.75, 3.05) is 11.5 Å². The third-order valence-corrected chi connectivity index (χ3v) is 7.35. The lowest BCUT2D eigenvalue weighted by atomic mass is 9.47. The van der Waals surface area contributed by atoms with E-state index in [1.54, 1.807) is 48.5 Å². The number of rotatable bonds is 4. The topological polar surface area (TPSA) is 86.7 Å². The molecule has 3 aliphatic carbocycles. The highest BCUT2D eigenvalue weighted by molar-refractivity contribution is 6.25. The molecule has 0 spiro atoms. The van der Waals surface area contributed by atoms with Crippen molar-refractivity contribution in [2.24, 2.45) is 11.8 Å². The summed E-state index contributed by atoms with van der Waals surface area (Å²) in [7, 11) is 0. The van der Waals surface area contributed by atoms with E-state index >= 15 is 0 Å². The molecule has 1 fully saturated rings. The second-order valence-electron chi connectivity index (χ2n) is 8.66. The predicted octanol–water partition coefficient (Wildman–Crippen LogP) is 2.39. The number of carboxylic acid groups (broad SMARTS) is 1. The number of carboxylic acids is 1. The van der Waals surface area contributed by atoms with E-state index in [9.17, 15) is 19.5 Å². The van der Waals surface area contributed by atoms with E-state index in [1.807, 2.05) is 31.2 Å². The first kappa shape index (κ1) is 19.7. The molecule has 1 saturated heterocycles. The second-order valence-corrected chi connectivity index (χ2v) is 8.66. The molecule has 4 aliphatic rings. The monoisotopic (exact) mass is 438 g/mol. The lowest BCUT2D eigenvalue weighted by Crippen LogP contribution is -2.61. The van der Waals surface area contributed by atoms with Crippen molar-refractivity contribution >= 4 is 23.5 Å². The van der Waals surface area contributed by atoms with Crippen molar-refractivity contribution < 1.29 is 24.2 Å². The number of carbonyl (C=O) groups excluding carboxylic acids is 3. The zero-order chi connectivity index (χ0) is 22.9. The number of anilines is 1. The molecule has 0 saturated carbocycles. The minimum atomic E-state index is -1.74. The standard InChI is InChI=1S/C27H21NO5/c1-2-33-20-14-8-7-13-19(20)28-24(29)22-21-15-9-3-5-11-17(15)27(26(31)32,23(22)25(28)30)18-12-6-4-10-16(18)21/h3-14,21-23H,2H2,1H3,(H,31,32)/p-1/t21?,22-,23+,27?/m1/s1. The molecule has 3 aromatic carbocycles. The summed E-state index contributed by atoms with van der Waals surface area (Å²) in [6, 6.07) is 21.3. The van der Waals surface area contributed by atoms with Crippen molar-refractivity contribution in [3.63, 3.8) is 0 Å². The van der Waals surface area contributed by atoms with Gasteiger partial charge in [0.2, 0.25) is 11.8 Å². The molecule has 1 aliphatic heterocycles. The van der Waals surface area contributed by atoms with Gasteiger partial charge in [-0.3, -0.25) is 9.59 Å². The van der Waals surface area contributed by atoms with Crippen LogP contribution >= 0.6 is 0 Å². The van der Waals surface area contributed by atoms with Crippen LogP contribution in [-0.2, 0) is 19.8 Å². The van der Waals surface area contributed by atoms with Crippen molar-refractivity contribution in [1.29, 1.82) is 0 Å². The number of carbonyl (C=O) groups is 3. The molecule has 6 nitrogen and oxygen atoms in total. The van der Waals surface area contributed by atoms with E-state index < -0.39 is 41.0 Å². The minimum Gasteiger partial charge on any atom is -0.549 e. The number of benzene rings is 3. The Hall–Kier alpha value is -3.93. The molecular formula is C27H20NO5-. The maximum atomic E-state index is 14.0. The van der Waals surface area contributed by atoms with E-state index in [0.29, 0.717) is 29.2 Å². The Balaban J connectivity index is 1.64. The Bertz CT molecular complexity index is 1300. The minimum absolute atomic E-state index is 0.338. The Morgan fingerprint density at radius 3 is 2.09 bits per heavy atom. The van der Waals surface area contributed by atoms with Crippen LogP contribution < -0.4 is 14.7 Å². The highest BCUT2D eigenvalue weighted by atomic mass is 16.5. The normalized spacial score (nSPS) is 26.6. The fraction of sp³-hybridized carbons (Fsp3) is 0.222. The number of hydrogen-bond donors (Lipinski definition) is 0. The number of hydrogen-bond acceptors (Lipinski definition) is 5. The van der Waals surface area contributed by atoms with Crippen molar-refractivity contribution in [3.05, 3.63) is 95.1 Å². The van der Waals surface area contributed by atoms with Crippen LogP contribution in [0, 0.1) is 11.8 Å². The first-order valence-electron chi connectivity index (χ1n) is 11.0. The van der Waals surface area contributed by atoms with Gasteiger partial charge in [0, 0.05) is 5.92 Å². The predicted molar refractivity (Wildman–Crippen MR) is 118 cm³/mol. The molecule has 6 heteroatoms. The van der Waals surface area contributed by atoms with E-state index in [-0.39, 0.29) is 0 Å². The average Bonchev–Trinajstić information content (AvgIpc) is 3.10. The van der Waals surface area contributed by atoms with Gasteiger partial charge in [-0.15, -0.1) is 0 Å². The molecule has 2 amide bonds. The van der Waals surface area contributed by atoms with Gasteiger partial charge in [0.15, 0.2) is 0 Å². The van der Waals surface area contributed by atoms with Gasteiger partial charge >= 0.3 is 0 Å². The van der Waals surface area contributed by atoms with E-state index in [2.05, 4.69) is 0 Å². The quantitative estimate of drug-likeness (QED) is 0.584. The Morgan fingerprint density at radius 1 is 0.909 bits per heavy atom. The average molecular weight is 438 g/mol. The van der Waals surface area contributed by atoms with Gasteiger partial charge < -0.3 is 14.6 Å². The summed E-state index contributed by atoms with van der Waals surface area (Å²) in [5.74, 6) is -4.24. The summed E-state index contributed by atoms with van der Waals surface area (Å²) < 4.78 is 5.69. The SMILES string of the molecule is CCOc1ccccc1N1C(=O)[C@@H]2C3c4ccccc4C(C(=O)[O-])(c4ccccc43)[C@@H]2C1=O. The Labute approximate surface area is 190 Å². The number of nitrogens with zero attached hydrogens (tertiary/aromatic N) is 1. The van der Waals surface area contributed by atoms with Crippen LogP contribution in [0.5, 0.6) is 5.75 Å². The van der Waals surface area contributed by atoms with Crippen LogP contribution in [0.1, 0.15) is 35.1 Å². The van der Waals surface area contributed by atoms with Gasteiger partial charge in [-0.25, -0.2) is 4.90 Å². The molecule has 0 aromatic heterocycles. The molecule has 1 heterocycles. The van der Waals surface area contributed by atoms with Gasteiger partial charge in [0.1, 0.15) is 5.75 Å². The molecular weight excluding hydrogens is 418 g/mol. The smallest absolute Gasteiger partial charge is 0.239 e. The molecule has 3 aromatic rings. The number of aliphatic carboxylic acids is 1. The Morgan fingerprint density at radius 2 is 1.48 bits per heavy atom. The lowest BCUT2D eigenvalue weighted by Gasteiger charge is -2.54. The maximum absolute atomic E-state index is 14.0. The van der Waals surface area contributed by atoms with Crippen LogP contribution in [0.3, 0.4) is 0 Å². The number of amides is 2. The van der Waals surface area contributed by atoms with Gasteiger partial charge in [-0.1, -0.05) is 60.7 Å². The fourth-order valence-corrected chi connectivity index (χ4v) is 6.28. The highest BCUT2D eigenvalue weighted by Gasteiger charge is 2.69. The molecule has 164 valence electrons. The molecule has 0 N–H and O–H groups in total. The number of ether oxygens (including phenoxy) is 1. The second kappa shape index (κ2) is 6.78. The zero-order valence-electron chi connectivity index (χ0n) is 17.9. The van der Waals surface area contributed by atoms with Gasteiger partial charge in [0.25, 0.3) is 0 Å². The van der Waals surface area contributed by atoms with Crippen molar-refractivity contribution in [2.45, 2.75) is 18.3 Å². The maximum Gasteiger partial charge on any atom is 0.239 e. The molecule has 7 rings (SSSR count). The van der Waals surface area contributed by atoms with Crippen molar-refractivity contribution in [1.82, 2.24) is 0 Å². The van der Waals surface area contributed by atoms with E-state index in [4.69, 9.17) is 4.74 Å². The van der Waals surface area contributed by atoms with Crippen LogP contribution in [-0.4, -0.2) is 24.4 Å². The third-order valence-electron chi connectivity index (χ3n) is 7.35. The first-order valence-corrected chi connectivity index (χ1v) is 11.0. The first-order chi connectivity index (χ1) is 16.0. The van der Waals surface area contributed by atoms with Crippen LogP contribution in [0.25, 0.3) is 0 Å². The molecule has 0 radical (unpaired) electrons. The largest absolute Gasteiger partial charge is 0.549 e. The highest BCUT2D eigenvalue weighted by Crippen LogP contribution is 2.64. The molecule has 2 atom stereocenters. The molecule has 33 heavy (non-hydrogen) atoms. The summed E-state index contributed by atoms with van der Waals surface area (Å²) in [4.78, 5) is 42.1. The van der Waals surface area contributed by atoms with E-state index in [0.717, 1.165) is 16.0 Å². The van der Waals surface area contributed by atoms with Crippen LogP contribution in [0.2, 0.25) is 0 Å². The van der Waals surface area contributed by atoms with E-state index in [1.165, 1.54) is 0 Å². The molecule has 2 bridgehead atoms. The number of imide groups is 1. The third kappa shape index (κ3) is 2.25. The summed E-state index contributed by atoms with van der Waals surface area (Å²) in [6.45, 7) is 2.19. The van der Waals surface area contributed by atoms with Gasteiger partial charge in [-0.2, -0.15) is 0 Å². The van der Waals surface area contributed by atoms with Crippen molar-refractivity contribution in [3.8, 4) is 5.75 Å². The lowest BCUT2D eigenvalue weighted by molar-refractivity contribution is -0.314. The van der Waals surface area contributed by atoms with Crippen LogP contribution in [0.4, 0.5) is 5.69 Å². The number of para-hydroxylation sites is 2.